The molecule has 0 heterocycles. The minimum atomic E-state index is -4.55. The van der Waals surface area contributed by atoms with E-state index in [0.717, 1.165) is 0 Å². The molecule has 0 amide bonds. The minimum Gasteiger partial charge on any atom is -0.207 e. The molecule has 0 saturated carbocycles. The molecular weight excluding hydrogens is 269 g/mol. The van der Waals surface area contributed by atoms with Gasteiger partial charge in [-0.2, -0.15) is 9.98 Å². The van der Waals surface area contributed by atoms with Gasteiger partial charge in [0.2, 0.25) is 10.0 Å². The molecule has 0 aromatic heterocycles. The van der Waals surface area contributed by atoms with Crippen LogP contribution >= 0.6 is 0 Å². The Balaban J connectivity index is 3.26. The highest BCUT2D eigenvalue weighted by Gasteiger charge is 2.27. The minimum absolute atomic E-state index is 0.125. The lowest BCUT2D eigenvalue weighted by molar-refractivity contribution is 0.491. The van der Waals surface area contributed by atoms with Crippen LogP contribution in [0.1, 0.15) is 13.3 Å². The summed E-state index contributed by atoms with van der Waals surface area (Å²) < 4.78 is 64.3. The Morgan fingerprint density at radius 3 is 2.22 bits per heavy atom. The monoisotopic (exact) mass is 278 g/mol. The van der Waals surface area contributed by atoms with Crippen molar-refractivity contribution in [2.24, 2.45) is 0 Å². The Morgan fingerprint density at radius 1 is 1.33 bits per heavy atom. The van der Waals surface area contributed by atoms with Crippen molar-refractivity contribution >= 4 is 10.0 Å². The molecule has 1 aromatic carbocycles. The van der Waals surface area contributed by atoms with Crippen molar-refractivity contribution in [3.05, 3.63) is 29.6 Å². The molecule has 0 bridgehead atoms. The third-order valence-electron chi connectivity index (χ3n) is 2.09. The van der Waals surface area contributed by atoms with E-state index in [2.05, 4.69) is 0 Å². The number of rotatable bonds is 4. The summed E-state index contributed by atoms with van der Waals surface area (Å²) in [6.45, 7) is 1.52. The van der Waals surface area contributed by atoms with E-state index >= 15 is 0 Å². The fraction of sp³-hybridized carbons (Fsp3) is 0.300. The lowest BCUT2D eigenvalue weighted by Crippen LogP contribution is -2.34. The SMILES string of the molecule is CCC(C#N)NS(=O)(=O)c1c(F)cc(F)cc1F. The number of halogens is 3. The quantitative estimate of drug-likeness (QED) is 0.911. The average Bonchev–Trinajstić information content (AvgIpc) is 2.23. The molecule has 1 rings (SSSR count). The Bertz CT molecular complexity index is 573. The number of nitriles is 1. The van der Waals surface area contributed by atoms with Gasteiger partial charge in [-0.3, -0.25) is 0 Å². The lowest BCUT2D eigenvalue weighted by atomic mass is 10.3. The molecule has 4 nitrogen and oxygen atoms in total. The fourth-order valence-corrected chi connectivity index (χ4v) is 2.58. The van der Waals surface area contributed by atoms with Crippen molar-refractivity contribution in [2.75, 3.05) is 0 Å². The zero-order valence-electron chi connectivity index (χ0n) is 9.25. The lowest BCUT2D eigenvalue weighted by Gasteiger charge is -2.11. The maximum Gasteiger partial charge on any atom is 0.247 e. The van der Waals surface area contributed by atoms with Gasteiger partial charge in [0, 0.05) is 12.1 Å². The number of hydrogen-bond acceptors (Lipinski definition) is 3. The van der Waals surface area contributed by atoms with Crippen molar-refractivity contribution in [2.45, 2.75) is 24.3 Å². The molecule has 0 aliphatic rings. The summed E-state index contributed by atoms with van der Waals surface area (Å²) in [5.74, 6) is -4.32. The first-order chi connectivity index (χ1) is 8.31. The van der Waals surface area contributed by atoms with Crippen LogP contribution < -0.4 is 4.72 Å². The van der Waals surface area contributed by atoms with Crippen LogP contribution in [0.5, 0.6) is 0 Å². The molecule has 0 aliphatic carbocycles. The van der Waals surface area contributed by atoms with Gasteiger partial charge >= 0.3 is 0 Å². The van der Waals surface area contributed by atoms with Crippen molar-refractivity contribution in [1.29, 1.82) is 5.26 Å². The summed E-state index contributed by atoms with van der Waals surface area (Å²) in [6.07, 6.45) is 0.125. The molecule has 1 N–H and O–H groups in total. The van der Waals surface area contributed by atoms with Gasteiger partial charge in [-0.15, -0.1) is 0 Å². The molecule has 8 heteroatoms. The van der Waals surface area contributed by atoms with Gasteiger partial charge < -0.3 is 0 Å². The highest BCUT2D eigenvalue weighted by atomic mass is 32.2. The zero-order valence-corrected chi connectivity index (χ0v) is 10.1. The van der Waals surface area contributed by atoms with E-state index in [1.807, 2.05) is 4.72 Å². The van der Waals surface area contributed by atoms with E-state index in [9.17, 15) is 21.6 Å². The third kappa shape index (κ3) is 3.00. The number of hydrogen-bond donors (Lipinski definition) is 1. The summed E-state index contributed by atoms with van der Waals surface area (Å²) in [7, 11) is -4.55. The van der Waals surface area contributed by atoms with Gasteiger partial charge in [0.1, 0.15) is 23.5 Å². The van der Waals surface area contributed by atoms with Crippen molar-refractivity contribution in [3.8, 4) is 6.07 Å². The smallest absolute Gasteiger partial charge is 0.207 e. The standard InChI is InChI=1S/C10H9F3N2O2S/c1-2-7(5-14)15-18(16,17)10-8(12)3-6(11)4-9(10)13/h3-4,7,15H,2H2,1H3. The largest absolute Gasteiger partial charge is 0.247 e. The summed E-state index contributed by atoms with van der Waals surface area (Å²) >= 11 is 0. The fourth-order valence-electron chi connectivity index (χ4n) is 1.23. The van der Waals surface area contributed by atoms with Crippen molar-refractivity contribution in [3.63, 3.8) is 0 Å². The maximum atomic E-state index is 13.3. The second-order valence-corrected chi connectivity index (χ2v) is 5.06. The zero-order chi connectivity index (χ0) is 13.9. The molecule has 1 atom stereocenters. The molecule has 1 aromatic rings. The molecule has 0 aliphatic heterocycles. The first-order valence-electron chi connectivity index (χ1n) is 4.88. The number of sulfonamides is 1. The van der Waals surface area contributed by atoms with Crippen LogP contribution in [0.25, 0.3) is 0 Å². The molecular formula is C10H9F3N2O2S. The Morgan fingerprint density at radius 2 is 1.83 bits per heavy atom. The molecule has 0 radical (unpaired) electrons. The van der Waals surface area contributed by atoms with Crippen LogP contribution in [0.2, 0.25) is 0 Å². The van der Waals surface area contributed by atoms with Crippen LogP contribution in [0.4, 0.5) is 13.2 Å². The third-order valence-corrected chi connectivity index (χ3v) is 3.62. The van der Waals surface area contributed by atoms with Crippen LogP contribution in [-0.4, -0.2) is 14.5 Å². The van der Waals surface area contributed by atoms with E-state index in [-0.39, 0.29) is 18.6 Å². The predicted octanol–water partition coefficient (Wildman–Crippen LogP) is 1.68. The van der Waals surface area contributed by atoms with Gasteiger partial charge in [-0.05, 0) is 6.42 Å². The van der Waals surface area contributed by atoms with E-state index in [1.54, 1.807) is 6.07 Å². The van der Waals surface area contributed by atoms with Crippen LogP contribution in [0.15, 0.2) is 17.0 Å². The highest BCUT2D eigenvalue weighted by molar-refractivity contribution is 7.89. The van der Waals surface area contributed by atoms with E-state index in [0.29, 0.717) is 0 Å². The molecule has 0 spiro atoms. The molecule has 18 heavy (non-hydrogen) atoms. The van der Waals surface area contributed by atoms with Gasteiger partial charge in [0.05, 0.1) is 6.07 Å². The van der Waals surface area contributed by atoms with Crippen LogP contribution in [0, 0.1) is 28.8 Å². The van der Waals surface area contributed by atoms with Crippen LogP contribution in [-0.2, 0) is 10.0 Å². The van der Waals surface area contributed by atoms with Gasteiger partial charge in [-0.25, -0.2) is 21.6 Å². The first kappa shape index (κ1) is 14.5. The highest BCUT2D eigenvalue weighted by Crippen LogP contribution is 2.20. The van der Waals surface area contributed by atoms with E-state index in [4.69, 9.17) is 5.26 Å². The number of benzene rings is 1. The maximum absolute atomic E-state index is 13.3. The number of nitrogens with zero attached hydrogens (tertiary/aromatic N) is 1. The van der Waals surface area contributed by atoms with E-state index < -0.39 is 38.4 Å². The Labute approximate surface area is 102 Å². The predicted molar refractivity (Wildman–Crippen MR) is 56.3 cm³/mol. The summed E-state index contributed by atoms with van der Waals surface area (Å²) in [5.41, 5.74) is 0. The van der Waals surface area contributed by atoms with E-state index in [1.165, 1.54) is 6.92 Å². The topological polar surface area (TPSA) is 70.0 Å². The summed E-state index contributed by atoms with van der Waals surface area (Å²) in [4.78, 5) is -1.29. The molecule has 1 unspecified atom stereocenters. The Kier molecular flexibility index (Phi) is 4.32. The van der Waals surface area contributed by atoms with Gasteiger partial charge in [0.15, 0.2) is 4.90 Å². The first-order valence-corrected chi connectivity index (χ1v) is 6.36. The van der Waals surface area contributed by atoms with Gasteiger partial charge in [0.25, 0.3) is 0 Å². The molecule has 0 saturated heterocycles. The summed E-state index contributed by atoms with van der Waals surface area (Å²) in [5, 5.41) is 8.59. The molecule has 98 valence electrons. The van der Waals surface area contributed by atoms with Crippen molar-refractivity contribution < 1.29 is 21.6 Å². The second-order valence-electron chi connectivity index (χ2n) is 3.41. The summed E-state index contributed by atoms with van der Waals surface area (Å²) in [6, 6.07) is 1.02. The molecule has 0 fully saturated rings. The van der Waals surface area contributed by atoms with Crippen LogP contribution in [0.3, 0.4) is 0 Å². The Hall–Kier alpha value is -1.59. The second kappa shape index (κ2) is 5.37. The number of nitrogens with one attached hydrogen (secondary N) is 1. The van der Waals surface area contributed by atoms with Crippen molar-refractivity contribution in [1.82, 2.24) is 4.72 Å². The average molecular weight is 278 g/mol. The normalized spacial score (nSPS) is 13.1. The van der Waals surface area contributed by atoms with Gasteiger partial charge in [-0.1, -0.05) is 6.92 Å².